The molecule has 0 aromatic carbocycles. The molecule has 0 bridgehead atoms. The van der Waals surface area contributed by atoms with Gasteiger partial charge in [0.2, 0.25) is 0 Å². The Kier molecular flexibility index (Phi) is 55.8. The van der Waals surface area contributed by atoms with Gasteiger partial charge in [0.05, 0.1) is 0 Å². The van der Waals surface area contributed by atoms with Gasteiger partial charge in [-0.2, -0.15) is 0 Å². The van der Waals surface area contributed by atoms with Crippen LogP contribution in [0, 0.1) is 39.3 Å². The van der Waals surface area contributed by atoms with Crippen LogP contribution < -0.4 is 0 Å². The summed E-state index contributed by atoms with van der Waals surface area (Å²) in [4.78, 5) is 0. The Morgan fingerprint density at radius 2 is 1.25 bits per heavy atom. The van der Waals surface area contributed by atoms with Crippen molar-refractivity contribution >= 4 is 0 Å². The van der Waals surface area contributed by atoms with Crippen molar-refractivity contribution in [3.05, 3.63) is 0 Å². The zero-order valence-electron chi connectivity index (χ0n) is 1.80. The molecule has 0 N–H and O–H groups in total. The summed E-state index contributed by atoms with van der Waals surface area (Å²) in [7, 11) is 0. The fraction of sp³-hybridized carbons (Fsp3) is 0. The second-order valence-electron chi connectivity index (χ2n) is 0. The molecule has 0 spiro atoms. The molecule has 0 saturated carbocycles. The van der Waals surface area contributed by atoms with Gasteiger partial charge in [-0.05, 0) is 0 Å². The van der Waals surface area contributed by atoms with Crippen molar-refractivity contribution in [1.82, 2.24) is 0 Å². The van der Waals surface area contributed by atoms with Crippen LogP contribution in [0.25, 0.3) is 0 Å². The van der Waals surface area contributed by atoms with Gasteiger partial charge >= 0.3 is 60.4 Å². The summed E-state index contributed by atoms with van der Waals surface area (Å²) >= 11 is 1.29. The summed E-state index contributed by atoms with van der Waals surface area (Å²) in [6.07, 6.45) is 0. The van der Waals surface area contributed by atoms with E-state index < -0.39 is 0 Å². The summed E-state index contributed by atoms with van der Waals surface area (Å²) in [6, 6.07) is 0. The zero-order valence-corrected chi connectivity index (χ0v) is 6.78. The van der Waals surface area contributed by atoms with E-state index in [1.165, 1.54) is 16.2 Å². The Morgan fingerprint density at radius 3 is 1.25 bits per heavy atom. The first-order valence-corrected chi connectivity index (χ1v) is 2.44. The van der Waals surface area contributed by atoms with Gasteiger partial charge in [0.15, 0.2) is 0 Å². The van der Waals surface area contributed by atoms with Gasteiger partial charge in [-0.1, -0.05) is 0 Å². The van der Waals surface area contributed by atoms with Crippen LogP contribution in [-0.4, -0.2) is 0 Å². The first kappa shape index (κ1) is 9.09. The van der Waals surface area contributed by atoms with Crippen LogP contribution in [0.1, 0.15) is 0 Å². The first-order chi connectivity index (χ1) is 2.00. The van der Waals surface area contributed by atoms with E-state index in [9.17, 15) is 0 Å². The van der Waals surface area contributed by atoms with E-state index in [1.807, 2.05) is 0 Å². The summed E-state index contributed by atoms with van der Waals surface area (Å²) < 4.78 is 16.5. The predicted octanol–water partition coefficient (Wildman–Crippen LogP) is -0.240. The maximum absolute atomic E-state index is 8.42. The molecule has 0 fully saturated rings. The SMILES string of the molecule is [O]=[Cr].[O]=[Pr]. The van der Waals surface area contributed by atoms with Gasteiger partial charge in [0, 0.05) is 0 Å². The standard InChI is InChI=1S/Cr.2O.Pr. The van der Waals surface area contributed by atoms with Gasteiger partial charge < -0.3 is 0 Å². The van der Waals surface area contributed by atoms with Gasteiger partial charge in [-0.25, -0.2) is 0 Å². The molecule has 0 atom stereocenters. The predicted molar refractivity (Wildman–Crippen MR) is 1.37 cm³/mol. The third kappa shape index (κ3) is 9.73. The zero-order chi connectivity index (χ0) is 4.00. The second-order valence-corrected chi connectivity index (χ2v) is 0. The molecule has 2 nitrogen and oxygen atoms in total. The monoisotopic (exact) mass is 225 g/mol. The van der Waals surface area contributed by atoms with E-state index in [4.69, 9.17) is 4.80 Å². The van der Waals surface area contributed by atoms with E-state index in [0.717, 1.165) is 0 Å². The molecule has 0 amide bonds. The van der Waals surface area contributed by atoms with Crippen molar-refractivity contribution < 1.29 is 60.4 Å². The molecule has 0 aliphatic heterocycles. The maximum atomic E-state index is 8.42. The molecule has 0 saturated heterocycles. The average molecular weight is 225 g/mol. The molecule has 0 heterocycles. The summed E-state index contributed by atoms with van der Waals surface area (Å²) in [5.74, 6) is 0. The van der Waals surface area contributed by atoms with E-state index in [0.29, 0.717) is 0 Å². The number of hydrogen-bond acceptors (Lipinski definition) is 2. The van der Waals surface area contributed by atoms with Gasteiger partial charge in [-0.3, -0.25) is 0 Å². The fourth-order valence-electron chi connectivity index (χ4n) is 0. The van der Waals surface area contributed by atoms with Crippen LogP contribution in [0.3, 0.4) is 0 Å². The van der Waals surface area contributed by atoms with Gasteiger partial charge in [-0.15, -0.1) is 0 Å². The van der Waals surface area contributed by atoms with Crippen LogP contribution in [0.2, 0.25) is 0 Å². The second kappa shape index (κ2) is 24.6. The van der Waals surface area contributed by atoms with E-state index in [1.54, 1.807) is 0 Å². The number of hydrogen-bond donors (Lipinski definition) is 0. The minimum absolute atomic E-state index is 0.0833. The van der Waals surface area contributed by atoms with E-state index in [2.05, 4.69) is 0 Å². The van der Waals surface area contributed by atoms with Crippen LogP contribution in [0.15, 0.2) is 0 Å². The molecule has 21 valence electrons. The summed E-state index contributed by atoms with van der Waals surface area (Å²) in [5.41, 5.74) is 0. The molecular formula is CrO2Pr. The Balaban J connectivity index is 0. The molecule has 0 unspecified atom stereocenters. The molecule has 0 aliphatic carbocycles. The van der Waals surface area contributed by atoms with Crippen LogP contribution in [0.4, 0.5) is 0 Å². The molecule has 0 rings (SSSR count). The van der Waals surface area contributed by atoms with Crippen molar-refractivity contribution in [1.29, 1.82) is 0 Å². The van der Waals surface area contributed by atoms with Crippen molar-refractivity contribution in [2.75, 3.05) is 0 Å². The molecular weight excluding hydrogens is 225 g/mol. The van der Waals surface area contributed by atoms with Crippen molar-refractivity contribution in [3.8, 4) is 0 Å². The van der Waals surface area contributed by atoms with E-state index >= 15 is 0 Å². The minimum atomic E-state index is -0.0833. The molecule has 4 heavy (non-hydrogen) atoms. The molecule has 0 radical (unpaired) electrons. The van der Waals surface area contributed by atoms with Crippen molar-refractivity contribution in [3.63, 3.8) is 0 Å². The van der Waals surface area contributed by atoms with Crippen molar-refractivity contribution in [2.45, 2.75) is 0 Å². The number of rotatable bonds is 0. The quantitative estimate of drug-likeness (QED) is 0.570. The Bertz CT molecular complexity index is 8.00. The molecule has 0 aromatic heterocycles. The Hall–Kier alpha value is 1.50. The Labute approximate surface area is 59.4 Å². The van der Waals surface area contributed by atoms with Gasteiger partial charge in [0.1, 0.15) is 0 Å². The average Bonchev–Trinajstić information content (AvgIpc) is 1.50. The van der Waals surface area contributed by atoms with Gasteiger partial charge in [0.25, 0.3) is 0 Å². The summed E-state index contributed by atoms with van der Waals surface area (Å²) in [6.45, 7) is 0. The van der Waals surface area contributed by atoms with Crippen molar-refractivity contribution in [2.24, 2.45) is 0 Å². The topological polar surface area (TPSA) is 34.1 Å². The molecule has 0 aliphatic rings. The molecule has 4 heteroatoms. The molecule has 0 aromatic rings. The third-order valence-corrected chi connectivity index (χ3v) is 0. The van der Waals surface area contributed by atoms with Crippen LogP contribution in [-0.2, 0) is 21.0 Å². The first-order valence-electron chi connectivity index (χ1n) is 0.402. The normalized spacial score (nSPS) is 2.50. The third-order valence-electron chi connectivity index (χ3n) is 0. The fourth-order valence-corrected chi connectivity index (χ4v) is 0. The van der Waals surface area contributed by atoms with Crippen LogP contribution in [0.5, 0.6) is 0 Å². The Morgan fingerprint density at radius 1 is 1.25 bits per heavy atom. The van der Waals surface area contributed by atoms with E-state index in [-0.39, 0.29) is 39.3 Å². The van der Waals surface area contributed by atoms with Crippen LogP contribution >= 0.6 is 0 Å². The summed E-state index contributed by atoms with van der Waals surface area (Å²) in [5, 5.41) is 0.